The first-order valence-corrected chi connectivity index (χ1v) is 6.02. The minimum absolute atomic E-state index is 0.0190. The number of carbonyl (C=O) groups excluding carboxylic acids is 1. The highest BCUT2D eigenvalue weighted by atomic mass is 19.4. The molecule has 0 aliphatic carbocycles. The topological polar surface area (TPSA) is 26.3 Å². The van der Waals surface area contributed by atoms with Gasteiger partial charge in [0.1, 0.15) is 12.0 Å². The Hall–Kier alpha value is -2.44. The summed E-state index contributed by atoms with van der Waals surface area (Å²) in [5, 5.41) is 0. The Labute approximate surface area is 122 Å². The second kappa shape index (κ2) is 6.13. The molecule has 2 aromatic carbocycles. The van der Waals surface area contributed by atoms with Crippen molar-refractivity contribution in [3.63, 3.8) is 0 Å². The van der Waals surface area contributed by atoms with Crippen LogP contribution in [0.3, 0.4) is 0 Å². The van der Waals surface area contributed by atoms with Gasteiger partial charge in [0.05, 0.1) is 5.56 Å². The summed E-state index contributed by atoms with van der Waals surface area (Å²) in [5.74, 6) is -0.299. The average molecular weight is 316 g/mol. The number of aldehydes is 1. The maximum absolute atomic E-state index is 12.7. The highest BCUT2D eigenvalue weighted by Gasteiger charge is 2.30. The number of alkyl halides is 5. The predicted octanol–water partition coefficient (Wildman–Crippen LogP) is 4.79. The van der Waals surface area contributed by atoms with E-state index in [0.29, 0.717) is 6.29 Å². The van der Waals surface area contributed by atoms with Crippen molar-refractivity contribution >= 4 is 6.29 Å². The predicted molar refractivity (Wildman–Crippen MR) is 68.9 cm³/mol. The molecular formula is C15H9F5O2. The lowest BCUT2D eigenvalue weighted by molar-refractivity contribution is -0.137. The van der Waals surface area contributed by atoms with E-state index in [1.165, 1.54) is 18.2 Å². The lowest BCUT2D eigenvalue weighted by atomic mass is 10.0. The molecule has 0 N–H and O–H groups in total. The molecule has 0 heterocycles. The number of benzene rings is 2. The SMILES string of the molecule is O=Cc1cc(OC(F)F)cc(-c2cccc(C(F)(F)F)c2)c1. The van der Waals surface area contributed by atoms with E-state index in [2.05, 4.69) is 4.74 Å². The van der Waals surface area contributed by atoms with Crippen molar-refractivity contribution < 1.29 is 31.5 Å². The van der Waals surface area contributed by atoms with Gasteiger partial charge in [-0.2, -0.15) is 22.0 Å². The Balaban J connectivity index is 2.49. The van der Waals surface area contributed by atoms with E-state index < -0.39 is 18.4 Å². The van der Waals surface area contributed by atoms with Gasteiger partial charge >= 0.3 is 12.8 Å². The molecule has 0 aliphatic heterocycles. The molecule has 0 saturated carbocycles. The fourth-order valence-corrected chi connectivity index (χ4v) is 1.90. The molecule has 0 spiro atoms. The lowest BCUT2D eigenvalue weighted by Gasteiger charge is -2.11. The van der Waals surface area contributed by atoms with Crippen molar-refractivity contribution in [3.05, 3.63) is 53.6 Å². The molecule has 0 fully saturated rings. The standard InChI is InChI=1S/C15H9F5O2/c16-14(17)22-13-5-9(8-21)4-11(7-13)10-2-1-3-12(6-10)15(18,19)20/h1-8,14H. The van der Waals surface area contributed by atoms with Crippen LogP contribution in [-0.4, -0.2) is 12.9 Å². The second-order valence-electron chi connectivity index (χ2n) is 4.37. The van der Waals surface area contributed by atoms with E-state index in [0.717, 1.165) is 24.3 Å². The molecule has 2 aromatic rings. The van der Waals surface area contributed by atoms with E-state index in [9.17, 15) is 26.7 Å². The van der Waals surface area contributed by atoms with Crippen LogP contribution in [0.2, 0.25) is 0 Å². The molecular weight excluding hydrogens is 307 g/mol. The van der Waals surface area contributed by atoms with E-state index >= 15 is 0 Å². The van der Waals surface area contributed by atoms with Gasteiger partial charge in [-0.1, -0.05) is 12.1 Å². The van der Waals surface area contributed by atoms with Gasteiger partial charge in [0, 0.05) is 5.56 Å². The quantitative estimate of drug-likeness (QED) is 0.599. The van der Waals surface area contributed by atoms with E-state index in [1.54, 1.807) is 0 Å². The number of rotatable bonds is 4. The van der Waals surface area contributed by atoms with Crippen LogP contribution in [0, 0.1) is 0 Å². The van der Waals surface area contributed by atoms with Gasteiger partial charge in [0.15, 0.2) is 0 Å². The zero-order valence-corrected chi connectivity index (χ0v) is 10.9. The normalized spacial score (nSPS) is 11.5. The fourth-order valence-electron chi connectivity index (χ4n) is 1.90. The van der Waals surface area contributed by atoms with E-state index in [-0.39, 0.29) is 22.4 Å². The van der Waals surface area contributed by atoms with Gasteiger partial charge in [0.2, 0.25) is 0 Å². The van der Waals surface area contributed by atoms with Crippen LogP contribution in [0.5, 0.6) is 5.75 Å². The fraction of sp³-hybridized carbons (Fsp3) is 0.133. The third-order valence-electron chi connectivity index (χ3n) is 2.81. The number of halogens is 5. The van der Waals surface area contributed by atoms with Crippen LogP contribution in [0.1, 0.15) is 15.9 Å². The van der Waals surface area contributed by atoms with Crippen LogP contribution < -0.4 is 4.74 Å². The summed E-state index contributed by atoms with van der Waals surface area (Å²) in [6.45, 7) is -3.10. The monoisotopic (exact) mass is 316 g/mol. The molecule has 0 amide bonds. The van der Waals surface area contributed by atoms with Gasteiger partial charge in [-0.05, 0) is 41.5 Å². The zero-order valence-electron chi connectivity index (χ0n) is 10.9. The van der Waals surface area contributed by atoms with Gasteiger partial charge < -0.3 is 4.74 Å². The van der Waals surface area contributed by atoms with Crippen molar-refractivity contribution in [2.45, 2.75) is 12.8 Å². The molecule has 7 heteroatoms. The van der Waals surface area contributed by atoms with Crippen molar-refractivity contribution in [2.75, 3.05) is 0 Å². The summed E-state index contributed by atoms with van der Waals surface area (Å²) >= 11 is 0. The van der Waals surface area contributed by atoms with E-state index in [1.807, 2.05) is 0 Å². The first-order valence-electron chi connectivity index (χ1n) is 6.02. The summed E-state index contributed by atoms with van der Waals surface area (Å²) in [4.78, 5) is 10.8. The van der Waals surface area contributed by atoms with Crippen molar-refractivity contribution in [3.8, 4) is 16.9 Å². The van der Waals surface area contributed by atoms with E-state index in [4.69, 9.17) is 0 Å². The van der Waals surface area contributed by atoms with Crippen LogP contribution in [0.15, 0.2) is 42.5 Å². The Morgan fingerprint density at radius 3 is 2.32 bits per heavy atom. The summed E-state index contributed by atoms with van der Waals surface area (Å²) < 4.78 is 66.8. The number of hydrogen-bond acceptors (Lipinski definition) is 2. The van der Waals surface area contributed by atoms with Gasteiger partial charge in [-0.25, -0.2) is 0 Å². The van der Waals surface area contributed by atoms with Crippen LogP contribution in [0.25, 0.3) is 11.1 Å². The van der Waals surface area contributed by atoms with Crippen molar-refractivity contribution in [2.24, 2.45) is 0 Å². The van der Waals surface area contributed by atoms with Crippen LogP contribution in [-0.2, 0) is 6.18 Å². The zero-order chi connectivity index (χ0) is 16.3. The lowest BCUT2D eigenvalue weighted by Crippen LogP contribution is -2.05. The summed E-state index contributed by atoms with van der Waals surface area (Å²) in [6.07, 6.45) is -4.13. The Morgan fingerprint density at radius 2 is 1.73 bits per heavy atom. The molecule has 0 aromatic heterocycles. The molecule has 0 unspecified atom stereocenters. The molecule has 0 aliphatic rings. The van der Waals surface area contributed by atoms with Crippen LogP contribution >= 0.6 is 0 Å². The molecule has 0 atom stereocenters. The summed E-state index contributed by atoms with van der Waals surface area (Å²) in [6, 6.07) is 7.86. The first kappa shape index (κ1) is 15.9. The minimum Gasteiger partial charge on any atom is -0.435 e. The van der Waals surface area contributed by atoms with Gasteiger partial charge in [-0.3, -0.25) is 4.79 Å². The third kappa shape index (κ3) is 3.81. The molecule has 0 radical (unpaired) electrons. The highest BCUT2D eigenvalue weighted by molar-refractivity contribution is 5.80. The van der Waals surface area contributed by atoms with Crippen molar-refractivity contribution in [1.29, 1.82) is 0 Å². The molecule has 0 bridgehead atoms. The van der Waals surface area contributed by atoms with Gasteiger partial charge in [-0.15, -0.1) is 0 Å². The Morgan fingerprint density at radius 1 is 1.00 bits per heavy atom. The van der Waals surface area contributed by atoms with Gasteiger partial charge in [0.25, 0.3) is 0 Å². The maximum Gasteiger partial charge on any atom is 0.416 e. The average Bonchev–Trinajstić information content (AvgIpc) is 2.45. The molecule has 2 rings (SSSR count). The number of carbonyl (C=O) groups is 1. The van der Waals surface area contributed by atoms with Crippen LogP contribution in [0.4, 0.5) is 22.0 Å². The van der Waals surface area contributed by atoms with Crippen molar-refractivity contribution in [1.82, 2.24) is 0 Å². The summed E-state index contributed by atoms with van der Waals surface area (Å²) in [5.41, 5.74) is -0.549. The first-order chi connectivity index (χ1) is 10.3. The minimum atomic E-state index is -4.53. The third-order valence-corrected chi connectivity index (χ3v) is 2.81. The molecule has 116 valence electrons. The second-order valence-corrected chi connectivity index (χ2v) is 4.37. The Kier molecular flexibility index (Phi) is 4.44. The highest BCUT2D eigenvalue weighted by Crippen LogP contribution is 2.33. The Bertz CT molecular complexity index is 680. The largest absolute Gasteiger partial charge is 0.435 e. The maximum atomic E-state index is 12.7. The number of ether oxygens (including phenoxy) is 1. The molecule has 2 nitrogen and oxygen atoms in total. The smallest absolute Gasteiger partial charge is 0.416 e. The number of hydrogen-bond donors (Lipinski definition) is 0. The molecule has 22 heavy (non-hydrogen) atoms. The molecule has 0 saturated heterocycles. The summed E-state index contributed by atoms with van der Waals surface area (Å²) in [7, 11) is 0.